The van der Waals surface area contributed by atoms with E-state index in [1.165, 1.54) is 0 Å². The van der Waals surface area contributed by atoms with Gasteiger partial charge >= 0.3 is 0 Å². The monoisotopic (exact) mass is 205 g/mol. The highest BCUT2D eigenvalue weighted by Gasteiger charge is 2.24. The zero-order chi connectivity index (χ0) is 10.9. The van der Waals surface area contributed by atoms with E-state index >= 15 is 0 Å². The van der Waals surface area contributed by atoms with Gasteiger partial charge < -0.3 is 5.32 Å². The molecule has 0 fully saturated rings. The number of hydrogen-bond acceptors (Lipinski definition) is 4. The van der Waals surface area contributed by atoms with E-state index in [2.05, 4.69) is 41.3 Å². The van der Waals surface area contributed by atoms with Crippen LogP contribution < -0.4 is 5.32 Å². The number of nitrogens with zero attached hydrogens (tertiary/aromatic N) is 4. The average Bonchev–Trinajstić information content (AvgIpc) is 2.61. The third kappa shape index (κ3) is 1.70. The van der Waals surface area contributed by atoms with Gasteiger partial charge in [0, 0.05) is 12.3 Å². The molecule has 0 spiro atoms. The molecular weight excluding hydrogens is 190 g/mol. The van der Waals surface area contributed by atoms with E-state index in [0.29, 0.717) is 0 Å². The molecule has 5 heteroatoms. The van der Waals surface area contributed by atoms with E-state index in [1.807, 2.05) is 10.5 Å². The highest BCUT2D eigenvalue weighted by Crippen LogP contribution is 2.17. The lowest BCUT2D eigenvalue weighted by molar-refractivity contribution is 0.387. The molecule has 0 aromatic carbocycles. The third-order valence-corrected chi connectivity index (χ3v) is 2.39. The Kier molecular flexibility index (Phi) is 2.40. The SMILES string of the molecule is CCNC(C)(C)c1nnc2ccncn12. The summed E-state index contributed by atoms with van der Waals surface area (Å²) in [5.74, 6) is 0.882. The summed E-state index contributed by atoms with van der Waals surface area (Å²) in [4.78, 5) is 4.07. The van der Waals surface area contributed by atoms with Crippen molar-refractivity contribution in [2.24, 2.45) is 0 Å². The summed E-state index contributed by atoms with van der Waals surface area (Å²) >= 11 is 0. The Hall–Kier alpha value is -1.49. The Morgan fingerprint density at radius 2 is 2.20 bits per heavy atom. The maximum absolute atomic E-state index is 4.20. The van der Waals surface area contributed by atoms with Gasteiger partial charge in [0.15, 0.2) is 11.5 Å². The van der Waals surface area contributed by atoms with E-state index in [-0.39, 0.29) is 5.54 Å². The lowest BCUT2D eigenvalue weighted by Gasteiger charge is -2.23. The Balaban J connectivity index is 2.52. The first kappa shape index (κ1) is 10.0. The Morgan fingerprint density at radius 3 is 2.93 bits per heavy atom. The molecule has 0 aliphatic rings. The van der Waals surface area contributed by atoms with Crippen molar-refractivity contribution in [1.29, 1.82) is 0 Å². The van der Waals surface area contributed by atoms with E-state index in [4.69, 9.17) is 0 Å². The van der Waals surface area contributed by atoms with Crippen molar-refractivity contribution in [3.63, 3.8) is 0 Å². The van der Waals surface area contributed by atoms with Gasteiger partial charge in [0.25, 0.3) is 0 Å². The minimum absolute atomic E-state index is 0.197. The minimum Gasteiger partial charge on any atom is -0.305 e. The molecule has 0 aliphatic carbocycles. The van der Waals surface area contributed by atoms with Gasteiger partial charge in [-0.2, -0.15) is 0 Å². The molecule has 5 nitrogen and oxygen atoms in total. The molecule has 2 aromatic rings. The summed E-state index contributed by atoms with van der Waals surface area (Å²) in [5.41, 5.74) is 0.628. The van der Waals surface area contributed by atoms with Crippen LogP contribution in [0.25, 0.3) is 5.65 Å². The first-order valence-corrected chi connectivity index (χ1v) is 5.05. The fourth-order valence-corrected chi connectivity index (χ4v) is 1.69. The maximum atomic E-state index is 4.20. The zero-order valence-electron chi connectivity index (χ0n) is 9.23. The molecule has 2 rings (SSSR count). The number of hydrogen-bond donors (Lipinski definition) is 1. The third-order valence-electron chi connectivity index (χ3n) is 2.39. The van der Waals surface area contributed by atoms with Crippen molar-refractivity contribution in [3.05, 3.63) is 24.4 Å². The molecule has 80 valence electrons. The molecule has 0 aliphatic heterocycles. The van der Waals surface area contributed by atoms with Crippen LogP contribution in [0.3, 0.4) is 0 Å². The predicted molar refractivity (Wildman–Crippen MR) is 57.5 cm³/mol. The molecular formula is C10H15N5. The fourth-order valence-electron chi connectivity index (χ4n) is 1.69. The van der Waals surface area contributed by atoms with Gasteiger partial charge in [0.05, 0.1) is 5.54 Å². The Morgan fingerprint density at radius 1 is 1.40 bits per heavy atom. The summed E-state index contributed by atoms with van der Waals surface area (Å²) in [6, 6.07) is 1.85. The highest BCUT2D eigenvalue weighted by molar-refractivity contribution is 5.36. The van der Waals surface area contributed by atoms with Crippen LogP contribution in [0.5, 0.6) is 0 Å². The van der Waals surface area contributed by atoms with Gasteiger partial charge in [-0.05, 0) is 20.4 Å². The molecule has 0 saturated heterocycles. The average molecular weight is 205 g/mol. The topological polar surface area (TPSA) is 55.1 Å². The van der Waals surface area contributed by atoms with Crippen LogP contribution >= 0.6 is 0 Å². The van der Waals surface area contributed by atoms with Gasteiger partial charge in [0.1, 0.15) is 6.33 Å². The molecule has 0 bridgehead atoms. The van der Waals surface area contributed by atoms with Crippen LogP contribution in [0.2, 0.25) is 0 Å². The van der Waals surface area contributed by atoms with Crippen LogP contribution in [0.1, 0.15) is 26.6 Å². The lowest BCUT2D eigenvalue weighted by Crippen LogP contribution is -2.38. The first-order chi connectivity index (χ1) is 7.15. The number of aromatic nitrogens is 4. The van der Waals surface area contributed by atoms with Crippen molar-refractivity contribution in [3.8, 4) is 0 Å². The van der Waals surface area contributed by atoms with Crippen molar-refractivity contribution in [2.45, 2.75) is 26.3 Å². The largest absolute Gasteiger partial charge is 0.305 e. The quantitative estimate of drug-likeness (QED) is 0.811. The van der Waals surface area contributed by atoms with Crippen LogP contribution in [-0.2, 0) is 5.54 Å². The molecule has 2 aromatic heterocycles. The molecule has 2 heterocycles. The van der Waals surface area contributed by atoms with Gasteiger partial charge in [-0.25, -0.2) is 4.98 Å². The van der Waals surface area contributed by atoms with Crippen molar-refractivity contribution < 1.29 is 0 Å². The summed E-state index contributed by atoms with van der Waals surface area (Å²) < 4.78 is 1.91. The fraction of sp³-hybridized carbons (Fsp3) is 0.500. The van der Waals surface area contributed by atoms with Crippen LogP contribution in [0.4, 0.5) is 0 Å². The predicted octanol–water partition coefficient (Wildman–Crippen LogP) is 0.969. The normalized spacial score (nSPS) is 12.2. The molecule has 0 saturated carbocycles. The molecule has 15 heavy (non-hydrogen) atoms. The van der Waals surface area contributed by atoms with E-state index < -0.39 is 0 Å². The number of fused-ring (bicyclic) bond motifs is 1. The second-order valence-electron chi connectivity index (χ2n) is 3.99. The molecule has 0 unspecified atom stereocenters. The van der Waals surface area contributed by atoms with Gasteiger partial charge in [-0.15, -0.1) is 10.2 Å². The van der Waals surface area contributed by atoms with Crippen LogP contribution in [-0.4, -0.2) is 26.1 Å². The second kappa shape index (κ2) is 3.58. The van der Waals surface area contributed by atoms with E-state index in [0.717, 1.165) is 18.0 Å². The number of rotatable bonds is 3. The van der Waals surface area contributed by atoms with Crippen LogP contribution in [0.15, 0.2) is 18.6 Å². The smallest absolute Gasteiger partial charge is 0.163 e. The highest BCUT2D eigenvalue weighted by atomic mass is 15.3. The van der Waals surface area contributed by atoms with Crippen LogP contribution in [0, 0.1) is 0 Å². The zero-order valence-corrected chi connectivity index (χ0v) is 9.23. The Labute approximate surface area is 88.6 Å². The molecule has 0 atom stereocenters. The summed E-state index contributed by atoms with van der Waals surface area (Å²) in [6.45, 7) is 7.13. The van der Waals surface area contributed by atoms with Gasteiger partial charge in [-0.3, -0.25) is 4.40 Å². The second-order valence-corrected chi connectivity index (χ2v) is 3.99. The summed E-state index contributed by atoms with van der Waals surface area (Å²) in [6.07, 6.45) is 3.46. The Bertz CT molecular complexity index is 460. The van der Waals surface area contributed by atoms with Crippen molar-refractivity contribution >= 4 is 5.65 Å². The lowest BCUT2D eigenvalue weighted by atomic mass is 10.1. The number of nitrogens with one attached hydrogen (secondary N) is 1. The minimum atomic E-state index is -0.197. The maximum Gasteiger partial charge on any atom is 0.163 e. The van der Waals surface area contributed by atoms with Crippen molar-refractivity contribution in [1.82, 2.24) is 24.9 Å². The molecule has 1 N–H and O–H groups in total. The standard InChI is InChI=1S/C10H15N5/c1-4-12-10(2,3)9-14-13-8-5-6-11-7-15(8)9/h5-7,12H,4H2,1-3H3. The molecule has 0 radical (unpaired) electrons. The van der Waals surface area contributed by atoms with Crippen molar-refractivity contribution in [2.75, 3.05) is 6.54 Å². The first-order valence-electron chi connectivity index (χ1n) is 5.05. The molecule has 0 amide bonds. The van der Waals surface area contributed by atoms with E-state index in [9.17, 15) is 0 Å². The van der Waals surface area contributed by atoms with E-state index in [1.54, 1.807) is 12.5 Å². The van der Waals surface area contributed by atoms with Gasteiger partial charge in [-0.1, -0.05) is 6.92 Å². The summed E-state index contributed by atoms with van der Waals surface area (Å²) in [7, 11) is 0. The van der Waals surface area contributed by atoms with Gasteiger partial charge in [0.2, 0.25) is 0 Å². The summed E-state index contributed by atoms with van der Waals surface area (Å²) in [5, 5.41) is 11.7.